The SMILES string of the molecule is CN(C)C(=O)N1CCC(NCCN=[N+]=[N-])(C(=O)O)CC1. The van der Waals surface area contributed by atoms with E-state index in [1.54, 1.807) is 19.0 Å². The minimum Gasteiger partial charge on any atom is -0.480 e. The molecule has 1 saturated heterocycles. The molecule has 0 unspecified atom stereocenters. The van der Waals surface area contributed by atoms with Crippen LogP contribution in [-0.4, -0.2) is 72.7 Å². The van der Waals surface area contributed by atoms with Gasteiger partial charge in [0, 0.05) is 45.2 Å². The standard InChI is InChI=1S/C11H20N6O3/c1-16(2)10(20)17-7-3-11(4-8-17,9(18)19)13-5-6-14-15-12/h13H,3-8H2,1-2H3,(H,18,19). The predicted molar refractivity (Wildman–Crippen MR) is 72.3 cm³/mol. The van der Waals surface area contributed by atoms with E-state index in [-0.39, 0.29) is 12.6 Å². The van der Waals surface area contributed by atoms with Gasteiger partial charge in [0.1, 0.15) is 5.54 Å². The fraction of sp³-hybridized carbons (Fsp3) is 0.818. The molecule has 9 nitrogen and oxygen atoms in total. The maximum absolute atomic E-state index is 11.8. The van der Waals surface area contributed by atoms with E-state index in [4.69, 9.17) is 5.53 Å². The Balaban J connectivity index is 2.61. The summed E-state index contributed by atoms with van der Waals surface area (Å²) in [6, 6.07) is -0.113. The van der Waals surface area contributed by atoms with Crippen molar-refractivity contribution in [3.05, 3.63) is 10.4 Å². The molecular weight excluding hydrogens is 264 g/mol. The second kappa shape index (κ2) is 6.97. The second-order valence-corrected chi connectivity index (χ2v) is 4.93. The van der Waals surface area contributed by atoms with Crippen molar-refractivity contribution in [3.63, 3.8) is 0 Å². The highest BCUT2D eigenvalue weighted by Gasteiger charge is 2.42. The molecule has 0 saturated carbocycles. The zero-order valence-corrected chi connectivity index (χ0v) is 11.7. The average Bonchev–Trinajstić information content (AvgIpc) is 2.43. The van der Waals surface area contributed by atoms with Gasteiger partial charge in [-0.3, -0.25) is 4.79 Å². The fourth-order valence-corrected chi connectivity index (χ4v) is 2.22. The Hall–Kier alpha value is -1.99. The van der Waals surface area contributed by atoms with E-state index >= 15 is 0 Å². The van der Waals surface area contributed by atoms with Gasteiger partial charge >= 0.3 is 12.0 Å². The number of likely N-dealkylation sites (tertiary alicyclic amines) is 1. The number of carbonyl (C=O) groups excluding carboxylic acids is 1. The van der Waals surface area contributed by atoms with Crippen molar-refractivity contribution in [1.82, 2.24) is 15.1 Å². The number of nitrogens with zero attached hydrogens (tertiary/aromatic N) is 5. The molecule has 0 bridgehead atoms. The Bertz CT molecular complexity index is 410. The van der Waals surface area contributed by atoms with Crippen molar-refractivity contribution < 1.29 is 14.7 Å². The van der Waals surface area contributed by atoms with Crippen LogP contribution in [0.2, 0.25) is 0 Å². The third-order valence-corrected chi connectivity index (χ3v) is 3.42. The topological polar surface area (TPSA) is 122 Å². The normalized spacial score (nSPS) is 17.2. The summed E-state index contributed by atoms with van der Waals surface area (Å²) in [5, 5.41) is 15.7. The van der Waals surface area contributed by atoms with Gasteiger partial charge in [0.15, 0.2) is 0 Å². The number of azide groups is 1. The number of rotatable bonds is 5. The first-order valence-corrected chi connectivity index (χ1v) is 6.38. The van der Waals surface area contributed by atoms with Crippen LogP contribution in [0.3, 0.4) is 0 Å². The summed E-state index contributed by atoms with van der Waals surface area (Å²) in [5.41, 5.74) is 7.14. The van der Waals surface area contributed by atoms with E-state index in [0.29, 0.717) is 32.5 Å². The van der Waals surface area contributed by atoms with Crippen LogP contribution in [0.25, 0.3) is 10.4 Å². The lowest BCUT2D eigenvalue weighted by Gasteiger charge is -2.40. The summed E-state index contributed by atoms with van der Waals surface area (Å²) in [6.07, 6.45) is 0.663. The van der Waals surface area contributed by atoms with Gasteiger partial charge in [-0.1, -0.05) is 5.11 Å². The summed E-state index contributed by atoms with van der Waals surface area (Å²) < 4.78 is 0. The maximum atomic E-state index is 11.8. The third-order valence-electron chi connectivity index (χ3n) is 3.42. The van der Waals surface area contributed by atoms with Crippen molar-refractivity contribution in [2.45, 2.75) is 18.4 Å². The molecular formula is C11H20N6O3. The van der Waals surface area contributed by atoms with Gasteiger partial charge in [-0.25, -0.2) is 4.79 Å². The lowest BCUT2D eigenvalue weighted by Crippen LogP contribution is -2.60. The quantitative estimate of drug-likeness (QED) is 0.330. The van der Waals surface area contributed by atoms with Crippen LogP contribution < -0.4 is 5.32 Å². The zero-order valence-electron chi connectivity index (χ0n) is 11.7. The van der Waals surface area contributed by atoms with Crippen LogP contribution in [0, 0.1) is 0 Å². The first-order valence-electron chi connectivity index (χ1n) is 6.38. The molecule has 0 atom stereocenters. The minimum atomic E-state index is -1.05. The van der Waals surface area contributed by atoms with Crippen LogP contribution in [0.15, 0.2) is 5.11 Å². The van der Waals surface area contributed by atoms with E-state index < -0.39 is 11.5 Å². The second-order valence-electron chi connectivity index (χ2n) is 4.93. The Kier molecular flexibility index (Phi) is 5.60. The molecule has 2 N–H and O–H groups in total. The summed E-state index contributed by atoms with van der Waals surface area (Å²) in [5.74, 6) is -0.935. The molecule has 0 aromatic heterocycles. The Morgan fingerprint density at radius 1 is 1.45 bits per heavy atom. The van der Waals surface area contributed by atoms with Crippen LogP contribution in [0.4, 0.5) is 4.79 Å². The average molecular weight is 284 g/mol. The number of carboxylic acids is 1. The number of carbonyl (C=O) groups is 2. The molecule has 0 aromatic rings. The lowest BCUT2D eigenvalue weighted by atomic mass is 9.87. The molecule has 9 heteroatoms. The van der Waals surface area contributed by atoms with E-state index in [2.05, 4.69) is 15.3 Å². The summed E-state index contributed by atoms with van der Waals surface area (Å²) >= 11 is 0. The molecule has 0 aromatic carbocycles. The van der Waals surface area contributed by atoms with Crippen LogP contribution in [0.5, 0.6) is 0 Å². The molecule has 1 heterocycles. The van der Waals surface area contributed by atoms with Crippen molar-refractivity contribution in [1.29, 1.82) is 0 Å². The van der Waals surface area contributed by atoms with Crippen LogP contribution >= 0.6 is 0 Å². The van der Waals surface area contributed by atoms with Crippen LogP contribution in [0.1, 0.15) is 12.8 Å². The van der Waals surface area contributed by atoms with Crippen molar-refractivity contribution in [3.8, 4) is 0 Å². The first-order chi connectivity index (χ1) is 9.43. The Morgan fingerprint density at radius 3 is 2.50 bits per heavy atom. The number of carboxylic acid groups (broad SMARTS) is 1. The van der Waals surface area contributed by atoms with Crippen molar-refractivity contribution in [2.24, 2.45) is 5.11 Å². The van der Waals surface area contributed by atoms with Gasteiger partial charge in [0.2, 0.25) is 0 Å². The molecule has 2 amide bonds. The molecule has 1 aliphatic rings. The molecule has 0 spiro atoms. The largest absolute Gasteiger partial charge is 0.480 e. The van der Waals surface area contributed by atoms with Crippen molar-refractivity contribution >= 4 is 12.0 Å². The number of hydrogen-bond acceptors (Lipinski definition) is 4. The van der Waals surface area contributed by atoms with E-state index in [1.807, 2.05) is 0 Å². The Labute approximate surface area is 117 Å². The maximum Gasteiger partial charge on any atom is 0.324 e. The first kappa shape index (κ1) is 16.1. The third kappa shape index (κ3) is 3.75. The number of hydrogen-bond donors (Lipinski definition) is 2. The molecule has 112 valence electrons. The number of amides is 2. The predicted octanol–water partition coefficient (Wildman–Crippen LogP) is 0.487. The number of nitrogens with one attached hydrogen (secondary N) is 1. The summed E-state index contributed by atoms with van der Waals surface area (Å²) in [7, 11) is 3.33. The fourth-order valence-electron chi connectivity index (χ4n) is 2.22. The summed E-state index contributed by atoms with van der Waals surface area (Å²) in [6.45, 7) is 1.28. The van der Waals surface area contributed by atoms with Gasteiger partial charge in [-0.15, -0.1) is 0 Å². The molecule has 20 heavy (non-hydrogen) atoms. The van der Waals surface area contributed by atoms with Gasteiger partial charge < -0.3 is 20.2 Å². The van der Waals surface area contributed by atoms with E-state index in [9.17, 15) is 14.7 Å². The highest BCUT2D eigenvalue weighted by molar-refractivity contribution is 5.80. The monoisotopic (exact) mass is 284 g/mol. The van der Waals surface area contributed by atoms with E-state index in [1.165, 1.54) is 4.90 Å². The zero-order chi connectivity index (χ0) is 15.2. The van der Waals surface area contributed by atoms with Gasteiger partial charge in [0.25, 0.3) is 0 Å². The number of aliphatic carboxylic acids is 1. The van der Waals surface area contributed by atoms with Gasteiger partial charge in [-0.05, 0) is 18.4 Å². The van der Waals surface area contributed by atoms with Crippen LogP contribution in [-0.2, 0) is 4.79 Å². The Morgan fingerprint density at radius 2 is 2.05 bits per heavy atom. The highest BCUT2D eigenvalue weighted by Crippen LogP contribution is 2.23. The molecule has 1 aliphatic heterocycles. The molecule has 1 fully saturated rings. The van der Waals surface area contributed by atoms with Gasteiger partial charge in [0.05, 0.1) is 0 Å². The lowest BCUT2D eigenvalue weighted by molar-refractivity contribution is -0.146. The molecule has 1 rings (SSSR count). The number of piperidine rings is 1. The van der Waals surface area contributed by atoms with E-state index in [0.717, 1.165) is 0 Å². The summed E-state index contributed by atoms with van der Waals surface area (Å²) in [4.78, 5) is 29.0. The molecule has 0 aliphatic carbocycles. The smallest absolute Gasteiger partial charge is 0.324 e. The van der Waals surface area contributed by atoms with Crippen molar-refractivity contribution in [2.75, 3.05) is 40.3 Å². The molecule has 0 radical (unpaired) electrons. The minimum absolute atomic E-state index is 0.113. The van der Waals surface area contributed by atoms with Gasteiger partial charge in [-0.2, -0.15) is 0 Å². The number of urea groups is 1. The highest BCUT2D eigenvalue weighted by atomic mass is 16.4.